The van der Waals surface area contributed by atoms with Gasteiger partial charge < -0.3 is 4.90 Å². The maximum absolute atomic E-state index is 13.6. The number of amides is 3. The zero-order valence-electron chi connectivity index (χ0n) is 19.1. The zero-order valence-corrected chi connectivity index (χ0v) is 19.1. The van der Waals surface area contributed by atoms with Crippen LogP contribution in [0.25, 0.3) is 0 Å². The van der Waals surface area contributed by atoms with Crippen molar-refractivity contribution in [3.8, 4) is 0 Å². The summed E-state index contributed by atoms with van der Waals surface area (Å²) in [4.78, 5) is 55.7. The molecule has 6 heteroatoms. The highest BCUT2D eigenvalue weighted by Crippen LogP contribution is 2.46. The second-order valence-electron chi connectivity index (χ2n) is 8.78. The number of hydrogen-bond donors (Lipinski definition) is 0. The SMILES string of the molecule is O=C(c1ccccc1)[C@H]1[C@H](c2ccccc2)N1C(=O)c1ccc2c(c1)C(=O)N(c1ccccc1)C2=O. The summed E-state index contributed by atoms with van der Waals surface area (Å²) in [6, 6.07) is 30.5. The van der Waals surface area contributed by atoms with Gasteiger partial charge in [0.25, 0.3) is 17.7 Å². The summed E-state index contributed by atoms with van der Waals surface area (Å²) in [6.45, 7) is 0. The largest absolute Gasteiger partial charge is 0.316 e. The summed E-state index contributed by atoms with van der Waals surface area (Å²) in [6.07, 6.45) is 0. The average Bonchev–Trinajstić information content (AvgIpc) is 3.63. The Balaban J connectivity index is 1.34. The fourth-order valence-electron chi connectivity index (χ4n) is 4.85. The Kier molecular flexibility index (Phi) is 5.08. The van der Waals surface area contributed by atoms with E-state index in [4.69, 9.17) is 0 Å². The number of ketones is 1. The van der Waals surface area contributed by atoms with Crippen LogP contribution >= 0.6 is 0 Å². The molecule has 2 aliphatic rings. The number of carbonyl (C=O) groups is 4. The first-order valence-electron chi connectivity index (χ1n) is 11.6. The van der Waals surface area contributed by atoms with Gasteiger partial charge in [-0.1, -0.05) is 78.9 Å². The lowest BCUT2D eigenvalue weighted by Crippen LogP contribution is -2.29. The zero-order chi connectivity index (χ0) is 24.8. The van der Waals surface area contributed by atoms with Gasteiger partial charge in [0.1, 0.15) is 6.04 Å². The maximum Gasteiger partial charge on any atom is 0.266 e. The number of carbonyl (C=O) groups excluding carboxylic acids is 4. The molecule has 0 spiro atoms. The van der Waals surface area contributed by atoms with Crippen LogP contribution in [0.4, 0.5) is 5.69 Å². The smallest absolute Gasteiger partial charge is 0.266 e. The molecule has 0 unspecified atom stereocenters. The minimum Gasteiger partial charge on any atom is -0.316 e. The molecular weight excluding hydrogens is 452 g/mol. The Labute approximate surface area is 207 Å². The monoisotopic (exact) mass is 472 g/mol. The standard InChI is InChI=1S/C30H20N2O4/c33-27(20-12-6-2-7-13-20)26-25(19-10-4-1-5-11-19)32(26)28(34)21-16-17-23-24(18-21)30(36)31(29(23)35)22-14-8-3-9-15-22/h1-18,25-26H/t25-,26+,32?/m0/s1. The second-order valence-corrected chi connectivity index (χ2v) is 8.78. The van der Waals surface area contributed by atoms with E-state index in [0.717, 1.165) is 10.5 Å². The van der Waals surface area contributed by atoms with E-state index in [0.29, 0.717) is 11.3 Å². The molecule has 3 amide bonds. The quantitative estimate of drug-likeness (QED) is 0.234. The van der Waals surface area contributed by atoms with Crippen LogP contribution in [0.5, 0.6) is 0 Å². The van der Waals surface area contributed by atoms with E-state index in [-0.39, 0.29) is 28.4 Å². The number of hydrogen-bond acceptors (Lipinski definition) is 4. The lowest BCUT2D eigenvalue weighted by Gasteiger charge is -2.13. The molecule has 2 heterocycles. The number of Topliss-reactive ketones (excluding diaryl/α,β-unsaturated/α-hetero) is 1. The molecule has 0 radical (unpaired) electrons. The number of para-hydroxylation sites is 1. The molecule has 2 aliphatic heterocycles. The summed E-state index contributed by atoms with van der Waals surface area (Å²) in [5, 5.41) is 0. The topological polar surface area (TPSA) is 74.5 Å². The van der Waals surface area contributed by atoms with Crippen LogP contribution < -0.4 is 4.90 Å². The molecule has 6 nitrogen and oxygen atoms in total. The molecule has 36 heavy (non-hydrogen) atoms. The predicted molar refractivity (Wildman–Crippen MR) is 134 cm³/mol. The predicted octanol–water partition coefficient (Wildman–Crippen LogP) is 4.94. The normalized spacial score (nSPS) is 18.2. The van der Waals surface area contributed by atoms with Crippen molar-refractivity contribution in [2.45, 2.75) is 12.1 Å². The molecule has 174 valence electrons. The molecule has 4 aromatic carbocycles. The van der Waals surface area contributed by atoms with Crippen molar-refractivity contribution in [3.63, 3.8) is 0 Å². The van der Waals surface area contributed by atoms with Gasteiger partial charge in [-0.15, -0.1) is 0 Å². The van der Waals surface area contributed by atoms with Gasteiger partial charge in [0.15, 0.2) is 5.78 Å². The van der Waals surface area contributed by atoms with E-state index in [2.05, 4.69) is 0 Å². The minimum absolute atomic E-state index is 0.138. The number of anilines is 1. The highest BCUT2D eigenvalue weighted by Gasteiger charge is 2.56. The summed E-state index contributed by atoms with van der Waals surface area (Å²) in [5.74, 6) is -1.40. The van der Waals surface area contributed by atoms with E-state index < -0.39 is 23.9 Å². The molecule has 0 N–H and O–H groups in total. The Morgan fingerprint density at radius 3 is 1.86 bits per heavy atom. The lowest BCUT2D eigenvalue weighted by atomic mass is 10.0. The van der Waals surface area contributed by atoms with Gasteiger partial charge in [-0.2, -0.15) is 0 Å². The van der Waals surface area contributed by atoms with Gasteiger partial charge >= 0.3 is 0 Å². The van der Waals surface area contributed by atoms with Crippen LogP contribution in [0.3, 0.4) is 0 Å². The number of imide groups is 1. The van der Waals surface area contributed by atoms with Gasteiger partial charge in [-0.25, -0.2) is 4.90 Å². The first-order valence-corrected chi connectivity index (χ1v) is 11.6. The average molecular weight is 473 g/mol. The Bertz CT molecular complexity index is 1520. The van der Waals surface area contributed by atoms with Crippen LogP contribution in [0.15, 0.2) is 109 Å². The maximum atomic E-state index is 13.6. The van der Waals surface area contributed by atoms with Gasteiger partial charge in [0.05, 0.1) is 22.9 Å². The summed E-state index contributed by atoms with van der Waals surface area (Å²) < 4.78 is 0. The van der Waals surface area contributed by atoms with E-state index in [1.807, 2.05) is 36.4 Å². The number of rotatable bonds is 5. The van der Waals surface area contributed by atoms with Crippen molar-refractivity contribution < 1.29 is 19.2 Å². The van der Waals surface area contributed by atoms with Gasteiger partial charge in [-0.3, -0.25) is 19.2 Å². The van der Waals surface area contributed by atoms with Crippen LogP contribution in [0, 0.1) is 0 Å². The van der Waals surface area contributed by atoms with Crippen molar-refractivity contribution in [3.05, 3.63) is 137 Å². The summed E-state index contributed by atoms with van der Waals surface area (Å²) >= 11 is 0. The van der Waals surface area contributed by atoms with E-state index in [1.165, 1.54) is 12.1 Å². The molecule has 0 saturated carbocycles. The molecule has 0 bridgehead atoms. The van der Waals surface area contributed by atoms with Crippen LogP contribution in [-0.2, 0) is 0 Å². The molecule has 0 aromatic heterocycles. The molecule has 0 aliphatic carbocycles. The summed E-state index contributed by atoms with van der Waals surface area (Å²) in [7, 11) is 0. The lowest BCUT2D eigenvalue weighted by molar-refractivity contribution is 0.0833. The van der Waals surface area contributed by atoms with Crippen LogP contribution in [0.2, 0.25) is 0 Å². The number of nitrogens with zero attached hydrogens (tertiary/aromatic N) is 2. The molecular formula is C30H20N2O4. The van der Waals surface area contributed by atoms with Gasteiger partial charge in [0.2, 0.25) is 0 Å². The number of benzene rings is 4. The van der Waals surface area contributed by atoms with Crippen molar-refractivity contribution in [2.75, 3.05) is 4.90 Å². The second kappa shape index (κ2) is 8.43. The van der Waals surface area contributed by atoms with Crippen molar-refractivity contribution in [1.29, 1.82) is 0 Å². The van der Waals surface area contributed by atoms with Crippen molar-refractivity contribution in [1.82, 2.24) is 4.90 Å². The van der Waals surface area contributed by atoms with Crippen molar-refractivity contribution >= 4 is 29.2 Å². The van der Waals surface area contributed by atoms with E-state index >= 15 is 0 Å². The van der Waals surface area contributed by atoms with E-state index in [1.54, 1.807) is 65.6 Å². The Hall–Kier alpha value is -4.84. The fraction of sp³-hybridized carbons (Fsp3) is 0.0667. The highest BCUT2D eigenvalue weighted by molar-refractivity contribution is 6.34. The molecule has 1 fully saturated rings. The van der Waals surface area contributed by atoms with Crippen LogP contribution in [0.1, 0.15) is 53.0 Å². The first kappa shape index (κ1) is 21.7. The molecule has 2 atom stereocenters. The minimum atomic E-state index is -0.645. The molecule has 1 saturated heterocycles. The summed E-state index contributed by atoms with van der Waals surface area (Å²) in [5.41, 5.74) is 2.56. The van der Waals surface area contributed by atoms with Gasteiger partial charge in [0, 0.05) is 11.1 Å². The van der Waals surface area contributed by atoms with E-state index in [9.17, 15) is 19.2 Å². The molecule has 4 aromatic rings. The first-order chi connectivity index (χ1) is 17.6. The third-order valence-corrected chi connectivity index (χ3v) is 6.66. The fourth-order valence-corrected chi connectivity index (χ4v) is 4.85. The Morgan fingerprint density at radius 2 is 1.19 bits per heavy atom. The Morgan fingerprint density at radius 1 is 0.611 bits per heavy atom. The van der Waals surface area contributed by atoms with Crippen molar-refractivity contribution in [2.24, 2.45) is 0 Å². The highest BCUT2D eigenvalue weighted by atomic mass is 16.2. The third kappa shape index (κ3) is 3.43. The van der Waals surface area contributed by atoms with Gasteiger partial charge in [-0.05, 0) is 35.9 Å². The third-order valence-electron chi connectivity index (χ3n) is 6.66. The van der Waals surface area contributed by atoms with Crippen LogP contribution in [-0.4, -0.2) is 34.4 Å². The molecule has 6 rings (SSSR count). The number of fused-ring (bicyclic) bond motifs is 1.